The molecule has 1 saturated heterocycles. The first-order valence-electron chi connectivity index (χ1n) is 8.85. The number of ketones is 1. The smallest absolute Gasteiger partial charge is 0.227 e. The highest BCUT2D eigenvalue weighted by atomic mass is 16.5. The van der Waals surface area contributed by atoms with Gasteiger partial charge in [0, 0.05) is 30.3 Å². The van der Waals surface area contributed by atoms with Gasteiger partial charge in [-0.25, -0.2) is 0 Å². The first-order chi connectivity index (χ1) is 13.1. The number of benzene rings is 2. The number of nitrogens with zero attached hydrogens (tertiary/aromatic N) is 2. The maximum absolute atomic E-state index is 12.4. The van der Waals surface area contributed by atoms with Crippen molar-refractivity contribution >= 4 is 17.4 Å². The van der Waals surface area contributed by atoms with Crippen molar-refractivity contribution in [2.45, 2.75) is 19.8 Å². The van der Waals surface area contributed by atoms with Crippen LogP contribution in [0, 0.1) is 11.3 Å². The summed E-state index contributed by atoms with van der Waals surface area (Å²) in [6, 6.07) is 13.8. The van der Waals surface area contributed by atoms with Gasteiger partial charge >= 0.3 is 0 Å². The van der Waals surface area contributed by atoms with E-state index in [9.17, 15) is 9.59 Å². The highest BCUT2D eigenvalue weighted by molar-refractivity contribution is 5.99. The Labute approximate surface area is 157 Å². The van der Waals surface area contributed by atoms with Crippen molar-refractivity contribution in [3.8, 4) is 17.6 Å². The molecule has 2 aromatic carbocycles. The second-order valence-electron chi connectivity index (χ2n) is 6.11. The van der Waals surface area contributed by atoms with Crippen LogP contribution in [0.25, 0.3) is 0 Å². The van der Waals surface area contributed by atoms with Gasteiger partial charge in [-0.2, -0.15) is 5.26 Å². The Morgan fingerprint density at radius 1 is 1.15 bits per heavy atom. The predicted molar refractivity (Wildman–Crippen MR) is 100 cm³/mol. The lowest BCUT2D eigenvalue weighted by molar-refractivity contribution is -0.117. The van der Waals surface area contributed by atoms with Crippen LogP contribution in [0.2, 0.25) is 0 Å². The number of hydrogen-bond donors (Lipinski definition) is 0. The van der Waals surface area contributed by atoms with Crippen LogP contribution in [0.3, 0.4) is 0 Å². The number of carbonyl (C=O) groups is 2. The van der Waals surface area contributed by atoms with E-state index in [0.29, 0.717) is 42.2 Å². The number of Topliss-reactive ketones (excluding diaryl/α,β-unsaturated/α-hetero) is 1. The van der Waals surface area contributed by atoms with E-state index >= 15 is 0 Å². The average molecular weight is 364 g/mol. The molecule has 0 radical (unpaired) electrons. The normalized spacial score (nSPS) is 13.3. The fourth-order valence-corrected chi connectivity index (χ4v) is 2.94. The van der Waals surface area contributed by atoms with Gasteiger partial charge in [-0.15, -0.1) is 0 Å². The minimum atomic E-state index is -0.180. The Bertz CT molecular complexity index is 884. The molecule has 1 aliphatic rings. The number of amides is 1. The van der Waals surface area contributed by atoms with Crippen LogP contribution >= 0.6 is 0 Å². The zero-order valence-electron chi connectivity index (χ0n) is 15.1. The summed E-state index contributed by atoms with van der Waals surface area (Å²) in [6.07, 6.45) is 1.43. The third-order valence-electron chi connectivity index (χ3n) is 4.31. The Kier molecular flexibility index (Phi) is 5.72. The molecule has 0 aromatic heterocycles. The Balaban J connectivity index is 1.66. The Morgan fingerprint density at radius 2 is 1.93 bits per heavy atom. The summed E-state index contributed by atoms with van der Waals surface area (Å²) in [5.74, 6) is 0.790. The molecule has 0 bridgehead atoms. The summed E-state index contributed by atoms with van der Waals surface area (Å²) in [7, 11) is 0. The number of carbonyl (C=O) groups excluding carboxylic acids is 2. The van der Waals surface area contributed by atoms with E-state index in [4.69, 9.17) is 14.7 Å². The maximum Gasteiger partial charge on any atom is 0.227 e. The third kappa shape index (κ3) is 4.26. The van der Waals surface area contributed by atoms with Crippen molar-refractivity contribution in [1.29, 1.82) is 5.26 Å². The van der Waals surface area contributed by atoms with Gasteiger partial charge in [0.15, 0.2) is 23.9 Å². The van der Waals surface area contributed by atoms with Gasteiger partial charge in [0.2, 0.25) is 5.91 Å². The summed E-state index contributed by atoms with van der Waals surface area (Å²) in [4.78, 5) is 25.9. The molecular formula is C21H20N2O4. The fraction of sp³-hybridized carbons (Fsp3) is 0.286. The molecule has 2 aromatic rings. The molecule has 1 heterocycles. The van der Waals surface area contributed by atoms with Gasteiger partial charge in [-0.05, 0) is 49.7 Å². The molecule has 0 aliphatic carbocycles. The summed E-state index contributed by atoms with van der Waals surface area (Å²) in [5.41, 5.74) is 1.78. The van der Waals surface area contributed by atoms with E-state index in [-0.39, 0.29) is 18.3 Å². The zero-order chi connectivity index (χ0) is 19.2. The van der Waals surface area contributed by atoms with E-state index in [1.165, 1.54) is 0 Å². The van der Waals surface area contributed by atoms with Crippen LogP contribution in [0.5, 0.6) is 11.5 Å². The molecule has 1 amide bonds. The molecule has 0 saturated carbocycles. The van der Waals surface area contributed by atoms with Crippen molar-refractivity contribution in [1.82, 2.24) is 0 Å². The SMILES string of the molecule is CCOc1cc(C#N)ccc1OCC(=O)c1ccc(N2CCCC2=O)cc1. The molecule has 1 aliphatic heterocycles. The van der Waals surface area contributed by atoms with Gasteiger partial charge in [0.1, 0.15) is 0 Å². The molecule has 1 fully saturated rings. The van der Waals surface area contributed by atoms with E-state index < -0.39 is 0 Å². The topological polar surface area (TPSA) is 79.6 Å². The Hall–Kier alpha value is -3.33. The van der Waals surface area contributed by atoms with Crippen molar-refractivity contribution in [2.24, 2.45) is 0 Å². The lowest BCUT2D eigenvalue weighted by Gasteiger charge is -2.16. The minimum Gasteiger partial charge on any atom is -0.490 e. The third-order valence-corrected chi connectivity index (χ3v) is 4.31. The minimum absolute atomic E-state index is 0.113. The van der Waals surface area contributed by atoms with Gasteiger partial charge in [0.25, 0.3) is 0 Å². The molecular weight excluding hydrogens is 344 g/mol. The summed E-state index contributed by atoms with van der Waals surface area (Å²) >= 11 is 0. The van der Waals surface area contributed by atoms with Crippen LogP contribution < -0.4 is 14.4 Å². The van der Waals surface area contributed by atoms with Crippen LogP contribution in [0.1, 0.15) is 35.7 Å². The van der Waals surface area contributed by atoms with Crippen molar-refractivity contribution in [3.63, 3.8) is 0 Å². The quantitative estimate of drug-likeness (QED) is 0.704. The van der Waals surface area contributed by atoms with Gasteiger partial charge in [-0.3, -0.25) is 9.59 Å². The fourth-order valence-electron chi connectivity index (χ4n) is 2.94. The van der Waals surface area contributed by atoms with Crippen molar-refractivity contribution < 1.29 is 19.1 Å². The van der Waals surface area contributed by atoms with Crippen LogP contribution in [-0.2, 0) is 4.79 Å². The zero-order valence-corrected chi connectivity index (χ0v) is 15.1. The summed E-state index contributed by atoms with van der Waals surface area (Å²) in [6.45, 7) is 2.83. The molecule has 0 spiro atoms. The molecule has 0 N–H and O–H groups in total. The van der Waals surface area contributed by atoms with Crippen molar-refractivity contribution in [3.05, 3.63) is 53.6 Å². The van der Waals surface area contributed by atoms with E-state index in [2.05, 4.69) is 0 Å². The second kappa shape index (κ2) is 8.37. The molecule has 0 unspecified atom stereocenters. The van der Waals surface area contributed by atoms with Crippen LogP contribution in [0.15, 0.2) is 42.5 Å². The monoisotopic (exact) mass is 364 g/mol. The average Bonchev–Trinajstić information content (AvgIpc) is 3.13. The number of anilines is 1. The van der Waals surface area contributed by atoms with E-state index in [1.54, 1.807) is 47.4 Å². The highest BCUT2D eigenvalue weighted by Gasteiger charge is 2.21. The van der Waals surface area contributed by atoms with Crippen molar-refractivity contribution in [2.75, 3.05) is 24.7 Å². The molecule has 6 nitrogen and oxygen atoms in total. The predicted octanol–water partition coefficient (Wildman–Crippen LogP) is 3.35. The molecule has 27 heavy (non-hydrogen) atoms. The van der Waals surface area contributed by atoms with Gasteiger partial charge < -0.3 is 14.4 Å². The summed E-state index contributed by atoms with van der Waals surface area (Å²) in [5, 5.41) is 8.98. The summed E-state index contributed by atoms with van der Waals surface area (Å²) < 4.78 is 11.1. The Morgan fingerprint density at radius 3 is 2.56 bits per heavy atom. The molecule has 138 valence electrons. The highest BCUT2D eigenvalue weighted by Crippen LogP contribution is 2.28. The van der Waals surface area contributed by atoms with E-state index in [0.717, 1.165) is 12.1 Å². The van der Waals surface area contributed by atoms with Crippen LogP contribution in [-0.4, -0.2) is 31.4 Å². The standard InChI is InChI=1S/C21H20N2O4/c1-2-26-20-12-15(13-22)5-10-19(20)27-14-18(24)16-6-8-17(9-7-16)23-11-3-4-21(23)25/h5-10,12H,2-4,11,14H2,1H3. The molecule has 3 rings (SSSR count). The largest absolute Gasteiger partial charge is 0.490 e. The maximum atomic E-state index is 12.4. The van der Waals surface area contributed by atoms with Gasteiger partial charge in [0.05, 0.1) is 18.2 Å². The lowest BCUT2D eigenvalue weighted by Crippen LogP contribution is -2.23. The number of ether oxygens (including phenoxy) is 2. The number of nitriles is 1. The number of rotatable bonds is 7. The first kappa shape index (κ1) is 18.5. The lowest BCUT2D eigenvalue weighted by atomic mass is 10.1. The molecule has 6 heteroatoms. The van der Waals surface area contributed by atoms with Gasteiger partial charge in [-0.1, -0.05) is 0 Å². The number of hydrogen-bond acceptors (Lipinski definition) is 5. The molecule has 0 atom stereocenters. The van der Waals surface area contributed by atoms with E-state index in [1.807, 2.05) is 13.0 Å². The second-order valence-corrected chi connectivity index (χ2v) is 6.11. The van der Waals surface area contributed by atoms with Crippen LogP contribution in [0.4, 0.5) is 5.69 Å². The first-order valence-corrected chi connectivity index (χ1v) is 8.85.